The first-order valence-electron chi connectivity index (χ1n) is 3.05. The van der Waals surface area contributed by atoms with Gasteiger partial charge in [-0.05, 0) is 13.0 Å². The van der Waals surface area contributed by atoms with Gasteiger partial charge in [0, 0.05) is 18.0 Å². The van der Waals surface area contributed by atoms with Crippen LogP contribution in [0.15, 0.2) is 23.6 Å². The molecule has 1 aromatic rings. The molecule has 0 aliphatic carbocycles. The van der Waals surface area contributed by atoms with E-state index in [1.807, 2.05) is 25.4 Å². The summed E-state index contributed by atoms with van der Waals surface area (Å²) in [4.78, 5) is 7.53. The maximum Gasteiger partial charge on any atom is 0.106 e. The fourth-order valence-corrected chi connectivity index (χ4v) is 0.739. The van der Waals surface area contributed by atoms with E-state index in [0.29, 0.717) is 0 Å². The molecule has 0 spiro atoms. The molecule has 3 heteroatoms. The summed E-state index contributed by atoms with van der Waals surface area (Å²) in [6.07, 6.45) is 3.72. The first-order valence-corrected chi connectivity index (χ1v) is 3.05. The predicted octanol–water partition coefficient (Wildman–Crippen LogP) is 1.39. The monoisotopic (exact) mass is 138 g/mol. The first-order chi connectivity index (χ1) is 4.84. The van der Waals surface area contributed by atoms with E-state index in [-0.39, 0.29) is 0 Å². The molecule has 0 saturated heterocycles. The lowest BCUT2D eigenvalue weighted by atomic mass is 10.2. The van der Waals surface area contributed by atoms with E-state index in [1.54, 1.807) is 0 Å². The molecule has 0 aliphatic rings. The lowest BCUT2D eigenvalue weighted by Crippen LogP contribution is -1.91. The summed E-state index contributed by atoms with van der Waals surface area (Å²) < 4.78 is 0. The fourth-order valence-electron chi connectivity index (χ4n) is 0.739. The van der Waals surface area contributed by atoms with Crippen molar-refractivity contribution >= 4 is 5.71 Å². The molecule has 0 amide bonds. The number of nitrogens with zero attached hydrogens (tertiary/aromatic N) is 1. The Balaban J connectivity index is 2.77. The second-order valence-electron chi connectivity index (χ2n) is 1.96. The van der Waals surface area contributed by atoms with Gasteiger partial charge in [-0.15, -0.1) is 0 Å². The maximum absolute atomic E-state index is 4.60. The molecular weight excluding hydrogens is 128 g/mol. The highest BCUT2D eigenvalue weighted by Crippen LogP contribution is 1.98. The molecule has 10 heavy (non-hydrogen) atoms. The van der Waals surface area contributed by atoms with E-state index < -0.39 is 0 Å². The number of hydrogen-bond acceptors (Lipinski definition) is 2. The van der Waals surface area contributed by atoms with Gasteiger partial charge in [-0.1, -0.05) is 5.16 Å². The minimum Gasteiger partial charge on any atom is -0.399 e. The Bertz CT molecular complexity index is 214. The van der Waals surface area contributed by atoms with Crippen molar-refractivity contribution in [2.75, 3.05) is 7.11 Å². The molecule has 0 saturated carbocycles. The van der Waals surface area contributed by atoms with Crippen LogP contribution >= 0.6 is 0 Å². The summed E-state index contributed by atoms with van der Waals surface area (Å²) in [6, 6.07) is 1.94. The zero-order chi connectivity index (χ0) is 7.40. The maximum atomic E-state index is 4.60. The topological polar surface area (TPSA) is 37.4 Å². The third kappa shape index (κ3) is 1.37. The lowest BCUT2D eigenvalue weighted by Gasteiger charge is -1.92. The van der Waals surface area contributed by atoms with Crippen molar-refractivity contribution in [3.8, 4) is 0 Å². The van der Waals surface area contributed by atoms with Crippen molar-refractivity contribution in [3.63, 3.8) is 0 Å². The largest absolute Gasteiger partial charge is 0.399 e. The molecule has 1 aromatic heterocycles. The SMILES string of the molecule is CO/N=C(\C)c1cc[nH]c1. The quantitative estimate of drug-likeness (QED) is 0.486. The molecule has 0 aromatic carbocycles. The molecule has 0 radical (unpaired) electrons. The average Bonchev–Trinajstić information content (AvgIpc) is 2.38. The van der Waals surface area contributed by atoms with Gasteiger partial charge in [0.1, 0.15) is 7.11 Å². The van der Waals surface area contributed by atoms with Crippen LogP contribution in [0.4, 0.5) is 0 Å². The van der Waals surface area contributed by atoms with Crippen LogP contribution in [0.3, 0.4) is 0 Å². The normalized spacial score (nSPS) is 11.6. The van der Waals surface area contributed by atoms with Crippen molar-refractivity contribution < 1.29 is 4.84 Å². The standard InChI is InChI=1S/C7H10N2O/c1-6(9-10-2)7-3-4-8-5-7/h3-5,8H,1-2H3/b9-6+. The van der Waals surface area contributed by atoms with Gasteiger partial charge in [0.15, 0.2) is 0 Å². The minimum absolute atomic E-state index is 0.878. The molecule has 0 bridgehead atoms. The highest BCUT2D eigenvalue weighted by Gasteiger charge is 1.94. The van der Waals surface area contributed by atoms with Crippen LogP contribution in [0.5, 0.6) is 0 Å². The molecular formula is C7H10N2O. The number of oxime groups is 1. The van der Waals surface area contributed by atoms with Gasteiger partial charge in [0.25, 0.3) is 0 Å². The Morgan fingerprint density at radius 3 is 3.00 bits per heavy atom. The fraction of sp³-hybridized carbons (Fsp3) is 0.286. The molecule has 3 nitrogen and oxygen atoms in total. The summed E-state index contributed by atoms with van der Waals surface area (Å²) in [6.45, 7) is 1.90. The molecule has 1 N–H and O–H groups in total. The van der Waals surface area contributed by atoms with Crippen LogP contribution in [0.2, 0.25) is 0 Å². The van der Waals surface area contributed by atoms with E-state index in [0.717, 1.165) is 11.3 Å². The van der Waals surface area contributed by atoms with Gasteiger partial charge in [-0.2, -0.15) is 0 Å². The zero-order valence-corrected chi connectivity index (χ0v) is 6.09. The van der Waals surface area contributed by atoms with E-state index >= 15 is 0 Å². The molecule has 0 unspecified atom stereocenters. The van der Waals surface area contributed by atoms with Crippen LogP contribution in [-0.2, 0) is 4.84 Å². The van der Waals surface area contributed by atoms with Crippen molar-refractivity contribution in [3.05, 3.63) is 24.0 Å². The van der Waals surface area contributed by atoms with Crippen LogP contribution < -0.4 is 0 Å². The van der Waals surface area contributed by atoms with Gasteiger partial charge in [0.2, 0.25) is 0 Å². The number of rotatable bonds is 2. The van der Waals surface area contributed by atoms with Gasteiger partial charge >= 0.3 is 0 Å². The summed E-state index contributed by atoms with van der Waals surface area (Å²) in [5, 5.41) is 3.76. The van der Waals surface area contributed by atoms with Crippen LogP contribution in [0.25, 0.3) is 0 Å². The second kappa shape index (κ2) is 3.06. The van der Waals surface area contributed by atoms with E-state index in [4.69, 9.17) is 0 Å². The Labute approximate surface area is 59.7 Å². The Hall–Kier alpha value is -1.25. The number of aromatic nitrogens is 1. The van der Waals surface area contributed by atoms with Gasteiger partial charge in [-0.3, -0.25) is 0 Å². The van der Waals surface area contributed by atoms with E-state index in [1.165, 1.54) is 7.11 Å². The highest BCUT2D eigenvalue weighted by molar-refractivity contribution is 5.98. The predicted molar refractivity (Wildman–Crippen MR) is 40.0 cm³/mol. The van der Waals surface area contributed by atoms with Gasteiger partial charge in [0.05, 0.1) is 5.71 Å². The van der Waals surface area contributed by atoms with Crippen LogP contribution in [-0.4, -0.2) is 17.8 Å². The number of hydrogen-bond donors (Lipinski definition) is 1. The molecule has 54 valence electrons. The van der Waals surface area contributed by atoms with Crippen LogP contribution in [0.1, 0.15) is 12.5 Å². The lowest BCUT2D eigenvalue weighted by molar-refractivity contribution is 0.213. The number of nitrogens with one attached hydrogen (secondary N) is 1. The average molecular weight is 138 g/mol. The third-order valence-electron chi connectivity index (χ3n) is 1.24. The van der Waals surface area contributed by atoms with Crippen molar-refractivity contribution in [2.24, 2.45) is 5.16 Å². The molecule has 1 rings (SSSR count). The molecule has 0 atom stereocenters. The molecule has 0 aliphatic heterocycles. The van der Waals surface area contributed by atoms with Crippen molar-refractivity contribution in [1.29, 1.82) is 0 Å². The summed E-state index contributed by atoms with van der Waals surface area (Å²) in [7, 11) is 1.54. The van der Waals surface area contributed by atoms with Gasteiger partial charge < -0.3 is 9.82 Å². The first kappa shape index (κ1) is 6.86. The minimum atomic E-state index is 0.878. The summed E-state index contributed by atoms with van der Waals surface area (Å²) in [5.41, 5.74) is 1.94. The zero-order valence-electron chi connectivity index (χ0n) is 6.09. The Morgan fingerprint density at radius 1 is 1.70 bits per heavy atom. The molecule has 1 heterocycles. The van der Waals surface area contributed by atoms with Crippen molar-refractivity contribution in [1.82, 2.24) is 4.98 Å². The van der Waals surface area contributed by atoms with Gasteiger partial charge in [-0.25, -0.2) is 0 Å². The number of H-pyrrole nitrogens is 1. The number of aromatic amines is 1. The van der Waals surface area contributed by atoms with Crippen molar-refractivity contribution in [2.45, 2.75) is 6.92 Å². The summed E-state index contributed by atoms with van der Waals surface area (Å²) in [5.74, 6) is 0. The molecule has 0 fully saturated rings. The van der Waals surface area contributed by atoms with Crippen LogP contribution in [0, 0.1) is 0 Å². The van der Waals surface area contributed by atoms with E-state index in [9.17, 15) is 0 Å². The Morgan fingerprint density at radius 2 is 2.50 bits per heavy atom. The highest BCUT2D eigenvalue weighted by atomic mass is 16.6. The second-order valence-corrected chi connectivity index (χ2v) is 1.96. The third-order valence-corrected chi connectivity index (χ3v) is 1.24. The summed E-state index contributed by atoms with van der Waals surface area (Å²) >= 11 is 0. The Kier molecular flexibility index (Phi) is 2.10. The smallest absolute Gasteiger partial charge is 0.106 e. The van der Waals surface area contributed by atoms with E-state index in [2.05, 4.69) is 15.0 Å².